The Kier molecular flexibility index (Phi) is 5.75. The number of aromatic nitrogens is 1. The number of nitrogens with one attached hydrogen (secondary N) is 1. The van der Waals surface area contributed by atoms with E-state index in [1.54, 1.807) is 11.8 Å². The number of benzene rings is 1. The first-order chi connectivity index (χ1) is 15.0. The topological polar surface area (TPSA) is 90.6 Å². The monoisotopic (exact) mass is 461 g/mol. The molecule has 2 aliphatic rings. The first kappa shape index (κ1) is 22.7. The quantitative estimate of drug-likeness (QED) is 0.760. The summed E-state index contributed by atoms with van der Waals surface area (Å²) in [5, 5.41) is 0. The number of ketones is 1. The molecule has 1 aliphatic carbocycles. The summed E-state index contributed by atoms with van der Waals surface area (Å²) in [6.07, 6.45) is 1.63. The van der Waals surface area contributed by atoms with Gasteiger partial charge in [0.15, 0.2) is 5.78 Å². The van der Waals surface area contributed by atoms with Gasteiger partial charge in [-0.05, 0) is 55.0 Å². The van der Waals surface area contributed by atoms with E-state index in [1.807, 2.05) is 13.8 Å². The Balaban J connectivity index is 1.53. The molecule has 2 aromatic rings. The zero-order chi connectivity index (χ0) is 23.3. The van der Waals surface area contributed by atoms with Crippen LogP contribution in [0.25, 0.3) is 0 Å². The molecule has 7 nitrogen and oxygen atoms in total. The number of fused-ring (bicyclic) bond motifs is 1. The van der Waals surface area contributed by atoms with E-state index in [-0.39, 0.29) is 41.6 Å². The lowest BCUT2D eigenvalue weighted by molar-refractivity contribution is 0.0757. The molecule has 0 atom stereocenters. The van der Waals surface area contributed by atoms with Gasteiger partial charge in [0.05, 0.1) is 4.90 Å². The van der Waals surface area contributed by atoms with Gasteiger partial charge < -0.3 is 9.88 Å². The van der Waals surface area contributed by atoms with E-state index >= 15 is 0 Å². The molecule has 2 heterocycles. The zero-order valence-electron chi connectivity index (χ0n) is 18.6. The van der Waals surface area contributed by atoms with Crippen molar-refractivity contribution in [3.63, 3.8) is 0 Å². The van der Waals surface area contributed by atoms with Gasteiger partial charge in [-0.2, -0.15) is 4.31 Å². The average molecular weight is 462 g/mol. The van der Waals surface area contributed by atoms with Gasteiger partial charge in [-0.3, -0.25) is 9.59 Å². The van der Waals surface area contributed by atoms with E-state index < -0.39 is 15.8 Å². The fourth-order valence-electron chi connectivity index (χ4n) is 4.70. The van der Waals surface area contributed by atoms with E-state index in [2.05, 4.69) is 4.98 Å². The van der Waals surface area contributed by atoms with Crippen LogP contribution >= 0.6 is 0 Å². The number of hydrogen-bond acceptors (Lipinski definition) is 4. The van der Waals surface area contributed by atoms with Gasteiger partial charge in [-0.15, -0.1) is 0 Å². The van der Waals surface area contributed by atoms with Crippen molar-refractivity contribution >= 4 is 21.7 Å². The minimum atomic E-state index is -3.77. The van der Waals surface area contributed by atoms with Gasteiger partial charge in [0.25, 0.3) is 5.91 Å². The highest BCUT2D eigenvalue weighted by molar-refractivity contribution is 7.89. The SMILES string of the molecule is Cc1c(C(=O)N2CCCN(S(=O)(=O)c3ccc(F)cc3)CC2)[nH]c2c1C(=O)CC(C)(C)C2. The fraction of sp³-hybridized carbons (Fsp3) is 0.478. The molecule has 0 bridgehead atoms. The van der Waals surface area contributed by atoms with Crippen molar-refractivity contribution in [1.82, 2.24) is 14.2 Å². The minimum Gasteiger partial charge on any atom is -0.354 e. The number of carbonyl (C=O) groups is 2. The average Bonchev–Trinajstić information content (AvgIpc) is 2.89. The molecule has 172 valence electrons. The molecule has 1 aromatic heterocycles. The van der Waals surface area contributed by atoms with Crippen LogP contribution in [0.2, 0.25) is 0 Å². The second-order valence-electron chi connectivity index (χ2n) is 9.42. The lowest BCUT2D eigenvalue weighted by Crippen LogP contribution is -2.37. The van der Waals surface area contributed by atoms with Gasteiger partial charge >= 0.3 is 0 Å². The van der Waals surface area contributed by atoms with E-state index in [0.29, 0.717) is 42.6 Å². The summed E-state index contributed by atoms with van der Waals surface area (Å²) in [4.78, 5) is 30.8. The van der Waals surface area contributed by atoms with Crippen LogP contribution in [0.1, 0.15) is 58.8 Å². The van der Waals surface area contributed by atoms with Gasteiger partial charge in [0.1, 0.15) is 11.5 Å². The molecule has 1 fully saturated rings. The van der Waals surface area contributed by atoms with Crippen molar-refractivity contribution in [2.45, 2.75) is 44.9 Å². The van der Waals surface area contributed by atoms with Crippen LogP contribution in [0.4, 0.5) is 4.39 Å². The van der Waals surface area contributed by atoms with Crippen LogP contribution in [0.15, 0.2) is 29.2 Å². The maximum Gasteiger partial charge on any atom is 0.270 e. The number of rotatable bonds is 3. The number of Topliss-reactive ketones (excluding diaryl/α,β-unsaturated/α-hetero) is 1. The van der Waals surface area contributed by atoms with E-state index in [0.717, 1.165) is 17.8 Å². The Morgan fingerprint density at radius 3 is 2.44 bits per heavy atom. The number of aromatic amines is 1. The summed E-state index contributed by atoms with van der Waals surface area (Å²) in [6.45, 7) is 6.95. The molecule has 1 amide bonds. The van der Waals surface area contributed by atoms with Gasteiger partial charge in [-0.1, -0.05) is 13.8 Å². The van der Waals surface area contributed by atoms with E-state index in [9.17, 15) is 22.4 Å². The Morgan fingerprint density at radius 1 is 1.06 bits per heavy atom. The third-order valence-corrected chi connectivity index (χ3v) is 8.22. The third kappa shape index (κ3) is 4.11. The Hall–Kier alpha value is -2.52. The maximum atomic E-state index is 13.3. The number of halogens is 1. The van der Waals surface area contributed by atoms with Gasteiger partial charge in [0, 0.05) is 43.9 Å². The van der Waals surface area contributed by atoms with Crippen molar-refractivity contribution in [3.05, 3.63) is 52.6 Å². The summed E-state index contributed by atoms with van der Waals surface area (Å²) in [5.41, 5.74) is 2.37. The van der Waals surface area contributed by atoms with Crippen molar-refractivity contribution in [2.75, 3.05) is 26.2 Å². The van der Waals surface area contributed by atoms with E-state index in [4.69, 9.17) is 0 Å². The first-order valence-corrected chi connectivity index (χ1v) is 12.2. The van der Waals surface area contributed by atoms with Crippen molar-refractivity contribution in [2.24, 2.45) is 5.41 Å². The molecule has 9 heteroatoms. The standard InChI is InChI=1S/C23H28FN3O4S/c1-15-20-18(13-23(2,3)14-19(20)28)25-21(15)22(29)26-9-4-10-27(12-11-26)32(30,31)17-7-5-16(24)6-8-17/h5-8,25H,4,9-14H2,1-3H3. The number of hydrogen-bond donors (Lipinski definition) is 1. The van der Waals surface area contributed by atoms with Crippen LogP contribution < -0.4 is 0 Å². The molecule has 4 rings (SSSR count). The maximum absolute atomic E-state index is 13.3. The highest BCUT2D eigenvalue weighted by atomic mass is 32.2. The molecule has 32 heavy (non-hydrogen) atoms. The largest absolute Gasteiger partial charge is 0.354 e. The molecule has 0 spiro atoms. The molecule has 1 N–H and O–H groups in total. The number of sulfonamides is 1. The number of nitrogens with zero attached hydrogens (tertiary/aromatic N) is 2. The molecule has 1 saturated heterocycles. The van der Waals surface area contributed by atoms with Crippen molar-refractivity contribution in [3.8, 4) is 0 Å². The Morgan fingerprint density at radius 2 is 1.75 bits per heavy atom. The molecular weight excluding hydrogens is 433 g/mol. The van der Waals surface area contributed by atoms with Gasteiger partial charge in [-0.25, -0.2) is 12.8 Å². The van der Waals surface area contributed by atoms with Crippen LogP contribution in [-0.4, -0.2) is 60.5 Å². The molecule has 1 aromatic carbocycles. The first-order valence-electron chi connectivity index (χ1n) is 10.8. The predicted molar refractivity (Wildman–Crippen MR) is 118 cm³/mol. The minimum absolute atomic E-state index is 0.0349. The lowest BCUT2D eigenvalue weighted by atomic mass is 9.75. The highest BCUT2D eigenvalue weighted by Crippen LogP contribution is 2.37. The van der Waals surface area contributed by atoms with Crippen molar-refractivity contribution < 1.29 is 22.4 Å². The lowest BCUT2D eigenvalue weighted by Gasteiger charge is -2.28. The van der Waals surface area contributed by atoms with Gasteiger partial charge in [0.2, 0.25) is 10.0 Å². The molecule has 1 aliphatic heterocycles. The summed E-state index contributed by atoms with van der Waals surface area (Å²) in [7, 11) is -3.77. The van der Waals surface area contributed by atoms with Crippen LogP contribution in [0.3, 0.4) is 0 Å². The predicted octanol–water partition coefficient (Wildman–Crippen LogP) is 3.15. The molecule has 0 unspecified atom stereocenters. The summed E-state index contributed by atoms with van der Waals surface area (Å²) >= 11 is 0. The normalized spacial score (nSPS) is 19.5. The summed E-state index contributed by atoms with van der Waals surface area (Å²) in [5.74, 6) is -0.664. The number of carbonyl (C=O) groups excluding carboxylic acids is 2. The van der Waals surface area contributed by atoms with Crippen LogP contribution in [0.5, 0.6) is 0 Å². The van der Waals surface area contributed by atoms with Crippen molar-refractivity contribution in [1.29, 1.82) is 0 Å². The Bertz CT molecular complexity index is 1170. The smallest absolute Gasteiger partial charge is 0.270 e. The van der Waals surface area contributed by atoms with Crippen LogP contribution in [0, 0.1) is 18.2 Å². The Labute approximate surface area is 187 Å². The molecule has 0 radical (unpaired) electrons. The number of H-pyrrole nitrogens is 1. The second kappa shape index (κ2) is 8.12. The summed E-state index contributed by atoms with van der Waals surface area (Å²) < 4.78 is 40.4. The molecular formula is C23H28FN3O4S. The second-order valence-corrected chi connectivity index (χ2v) is 11.4. The fourth-order valence-corrected chi connectivity index (χ4v) is 6.17. The zero-order valence-corrected chi connectivity index (χ0v) is 19.4. The van der Waals surface area contributed by atoms with Crippen LogP contribution in [-0.2, 0) is 16.4 Å². The summed E-state index contributed by atoms with van der Waals surface area (Å²) in [6, 6.07) is 4.76. The molecule has 0 saturated carbocycles. The third-order valence-electron chi connectivity index (χ3n) is 6.31. The highest BCUT2D eigenvalue weighted by Gasteiger charge is 2.36. The number of amides is 1. The van der Waals surface area contributed by atoms with E-state index in [1.165, 1.54) is 16.4 Å².